The van der Waals surface area contributed by atoms with Crippen molar-refractivity contribution in [2.24, 2.45) is 0 Å². The molecular weight excluding hydrogens is 591 g/mol. The summed E-state index contributed by atoms with van der Waals surface area (Å²) in [6.07, 6.45) is -1.36. The van der Waals surface area contributed by atoms with Crippen molar-refractivity contribution in [1.82, 2.24) is 14.9 Å². The number of halogens is 3. The maximum Gasteiger partial charge on any atom is 0.437 e. The maximum absolute atomic E-state index is 13.9. The summed E-state index contributed by atoms with van der Waals surface area (Å²) in [5.41, 5.74) is 0.379. The van der Waals surface area contributed by atoms with E-state index in [9.17, 15) is 22.8 Å². The van der Waals surface area contributed by atoms with Gasteiger partial charge < -0.3 is 19.1 Å². The summed E-state index contributed by atoms with van der Waals surface area (Å²) in [7, 11) is 0. The number of hydrogen-bond donors (Lipinski definition) is 0. The number of carbonyl (C=O) groups is 2. The van der Waals surface area contributed by atoms with Gasteiger partial charge in [0.25, 0.3) is 11.9 Å². The minimum atomic E-state index is -4.83. The highest BCUT2D eigenvalue weighted by molar-refractivity contribution is 7.12. The van der Waals surface area contributed by atoms with Gasteiger partial charge in [0, 0.05) is 51.9 Å². The Morgan fingerprint density at radius 2 is 1.70 bits per heavy atom. The molecule has 0 radical (unpaired) electrons. The molecule has 4 aromatic rings. The molecule has 230 valence electrons. The third-order valence-electron chi connectivity index (χ3n) is 8.19. The number of oxazole rings is 1. The topological polar surface area (TPSA) is 82.8 Å². The standard InChI is InChI=1S/C32H32F3N5O3S/c33-32(34,35)29-28(43-31(37-29)40-15-11-24(12-16-40)23-6-2-1-3-7-23)25(41)20-22-9-10-27(36-21-22)38-13-5-14-39(18-17-38)30(42)26-8-4-19-44-26/h1-4,6-10,19,21,24H,5,11-18,20H2. The number of ketones is 1. The summed E-state index contributed by atoms with van der Waals surface area (Å²) in [4.78, 5) is 40.4. The number of amides is 1. The van der Waals surface area contributed by atoms with Gasteiger partial charge in [-0.3, -0.25) is 9.59 Å². The van der Waals surface area contributed by atoms with Crippen molar-refractivity contribution in [2.45, 2.75) is 37.8 Å². The van der Waals surface area contributed by atoms with Crippen molar-refractivity contribution in [2.75, 3.05) is 49.1 Å². The van der Waals surface area contributed by atoms with Gasteiger partial charge >= 0.3 is 6.18 Å². The Balaban J connectivity index is 1.09. The number of carbonyl (C=O) groups excluding carboxylic acids is 2. The summed E-state index contributed by atoms with van der Waals surface area (Å²) in [6, 6.07) is 17.0. The second kappa shape index (κ2) is 12.8. The van der Waals surface area contributed by atoms with E-state index in [-0.39, 0.29) is 18.3 Å². The highest BCUT2D eigenvalue weighted by Crippen LogP contribution is 2.37. The number of thiophene rings is 1. The van der Waals surface area contributed by atoms with Gasteiger partial charge in [0.15, 0.2) is 5.69 Å². The average molecular weight is 624 g/mol. The summed E-state index contributed by atoms with van der Waals surface area (Å²) in [6.45, 7) is 3.46. The van der Waals surface area contributed by atoms with Crippen molar-refractivity contribution >= 4 is 34.9 Å². The van der Waals surface area contributed by atoms with Gasteiger partial charge in [0.2, 0.25) is 11.5 Å². The predicted octanol–water partition coefficient (Wildman–Crippen LogP) is 6.31. The number of piperidine rings is 1. The molecule has 2 aliphatic rings. The van der Waals surface area contributed by atoms with E-state index in [4.69, 9.17) is 4.42 Å². The summed E-state index contributed by atoms with van der Waals surface area (Å²) in [5, 5.41) is 1.88. The molecule has 2 aliphatic heterocycles. The number of aromatic nitrogens is 2. The van der Waals surface area contributed by atoms with E-state index in [0.29, 0.717) is 61.4 Å². The molecule has 2 saturated heterocycles. The molecule has 6 rings (SSSR count). The lowest BCUT2D eigenvalue weighted by Crippen LogP contribution is -2.35. The van der Waals surface area contributed by atoms with Crippen LogP contribution in [-0.2, 0) is 12.6 Å². The fourth-order valence-electron chi connectivity index (χ4n) is 5.83. The molecule has 5 heterocycles. The highest BCUT2D eigenvalue weighted by Gasteiger charge is 2.42. The van der Waals surface area contributed by atoms with Crippen LogP contribution < -0.4 is 9.80 Å². The van der Waals surface area contributed by atoms with Gasteiger partial charge in [-0.15, -0.1) is 11.3 Å². The van der Waals surface area contributed by atoms with Gasteiger partial charge in [-0.2, -0.15) is 18.2 Å². The fourth-order valence-corrected chi connectivity index (χ4v) is 6.53. The third-order valence-corrected chi connectivity index (χ3v) is 9.04. The average Bonchev–Trinajstić information content (AvgIpc) is 3.68. The van der Waals surface area contributed by atoms with Gasteiger partial charge in [-0.1, -0.05) is 42.5 Å². The van der Waals surface area contributed by atoms with Crippen LogP contribution in [0.25, 0.3) is 0 Å². The quantitative estimate of drug-likeness (QED) is 0.223. The highest BCUT2D eigenvalue weighted by atomic mass is 32.1. The Morgan fingerprint density at radius 1 is 0.909 bits per heavy atom. The van der Waals surface area contributed by atoms with Crippen molar-refractivity contribution in [3.63, 3.8) is 0 Å². The molecule has 0 spiro atoms. The first-order valence-electron chi connectivity index (χ1n) is 14.7. The molecule has 44 heavy (non-hydrogen) atoms. The first kappa shape index (κ1) is 29.9. The number of anilines is 2. The molecule has 0 aliphatic carbocycles. The molecule has 1 amide bonds. The van der Waals surface area contributed by atoms with Crippen LogP contribution in [0.4, 0.5) is 25.0 Å². The van der Waals surface area contributed by atoms with E-state index in [2.05, 4.69) is 27.0 Å². The number of Topliss-reactive ketones (excluding diaryl/α,β-unsaturated/α-hetero) is 1. The van der Waals surface area contributed by atoms with Crippen molar-refractivity contribution < 1.29 is 27.2 Å². The Labute approximate surface area is 257 Å². The minimum Gasteiger partial charge on any atom is -0.420 e. The zero-order chi connectivity index (χ0) is 30.7. The number of hydrogen-bond acceptors (Lipinski definition) is 8. The second-order valence-electron chi connectivity index (χ2n) is 11.1. The zero-order valence-corrected chi connectivity index (χ0v) is 24.8. The number of alkyl halides is 3. The normalized spacial score (nSPS) is 16.7. The van der Waals surface area contributed by atoms with E-state index in [1.54, 1.807) is 17.0 Å². The monoisotopic (exact) mass is 623 g/mol. The van der Waals surface area contributed by atoms with Gasteiger partial charge in [-0.05, 0) is 53.8 Å². The smallest absolute Gasteiger partial charge is 0.420 e. The Kier molecular flexibility index (Phi) is 8.69. The molecule has 2 fully saturated rings. The number of nitrogens with zero attached hydrogens (tertiary/aromatic N) is 5. The van der Waals surface area contributed by atoms with Crippen LogP contribution in [0.3, 0.4) is 0 Å². The van der Waals surface area contributed by atoms with Crippen LogP contribution in [0, 0.1) is 0 Å². The van der Waals surface area contributed by atoms with E-state index in [1.807, 2.05) is 40.6 Å². The van der Waals surface area contributed by atoms with Crippen LogP contribution in [-0.4, -0.2) is 65.8 Å². The van der Waals surface area contributed by atoms with Crippen molar-refractivity contribution in [3.8, 4) is 0 Å². The molecular formula is C32H32F3N5O3S. The van der Waals surface area contributed by atoms with Crippen LogP contribution in [0.5, 0.6) is 0 Å². The largest absolute Gasteiger partial charge is 0.437 e. The summed E-state index contributed by atoms with van der Waals surface area (Å²) in [5.74, 6) is -0.562. The van der Waals surface area contributed by atoms with E-state index in [1.165, 1.54) is 23.1 Å². The molecule has 0 saturated carbocycles. The van der Waals surface area contributed by atoms with Gasteiger partial charge in [0.05, 0.1) is 4.88 Å². The fraction of sp³-hybridized carbons (Fsp3) is 0.375. The lowest BCUT2D eigenvalue weighted by Gasteiger charge is -2.31. The van der Waals surface area contributed by atoms with Crippen LogP contribution >= 0.6 is 11.3 Å². The van der Waals surface area contributed by atoms with Crippen LogP contribution in [0.1, 0.15) is 62.2 Å². The predicted molar refractivity (Wildman–Crippen MR) is 161 cm³/mol. The molecule has 3 aromatic heterocycles. The SMILES string of the molecule is O=C(Cc1ccc(N2CCCN(C(=O)c3cccs3)CC2)nc1)c1oc(N2CCC(c3ccccc3)CC2)nc1C(F)(F)F. The summed E-state index contributed by atoms with van der Waals surface area (Å²) >= 11 is 1.42. The van der Waals surface area contributed by atoms with E-state index < -0.39 is 23.4 Å². The summed E-state index contributed by atoms with van der Waals surface area (Å²) < 4.78 is 47.3. The van der Waals surface area contributed by atoms with Gasteiger partial charge in [0.1, 0.15) is 5.82 Å². The van der Waals surface area contributed by atoms with E-state index >= 15 is 0 Å². The molecule has 8 nitrogen and oxygen atoms in total. The number of rotatable bonds is 7. The van der Waals surface area contributed by atoms with Crippen LogP contribution in [0.2, 0.25) is 0 Å². The molecule has 0 bridgehead atoms. The Hall–Kier alpha value is -4.19. The maximum atomic E-state index is 13.9. The first-order valence-corrected chi connectivity index (χ1v) is 15.6. The lowest BCUT2D eigenvalue weighted by atomic mass is 9.90. The van der Waals surface area contributed by atoms with Crippen LogP contribution in [0.15, 0.2) is 70.6 Å². The molecule has 0 unspecified atom stereocenters. The zero-order valence-electron chi connectivity index (χ0n) is 24.0. The number of benzene rings is 1. The van der Waals surface area contributed by atoms with Crippen molar-refractivity contribution in [3.05, 3.63) is 93.6 Å². The Morgan fingerprint density at radius 3 is 2.39 bits per heavy atom. The third kappa shape index (κ3) is 6.64. The molecule has 0 N–H and O–H groups in total. The minimum absolute atomic E-state index is 0.0223. The molecule has 1 aromatic carbocycles. The lowest BCUT2D eigenvalue weighted by molar-refractivity contribution is -0.141. The Bertz CT molecular complexity index is 1570. The van der Waals surface area contributed by atoms with E-state index in [0.717, 1.165) is 19.3 Å². The molecule has 12 heteroatoms. The first-order chi connectivity index (χ1) is 21.3. The van der Waals surface area contributed by atoms with Crippen molar-refractivity contribution in [1.29, 1.82) is 0 Å². The second-order valence-corrected chi connectivity index (χ2v) is 12.0. The molecule has 0 atom stereocenters. The number of pyridine rings is 1. The van der Waals surface area contributed by atoms with Gasteiger partial charge in [-0.25, -0.2) is 4.98 Å².